The summed E-state index contributed by atoms with van der Waals surface area (Å²) in [5, 5.41) is 0. The molecule has 0 N–H and O–H groups in total. The molecule has 0 saturated carbocycles. The van der Waals surface area contributed by atoms with E-state index in [0.29, 0.717) is 0 Å². The van der Waals surface area contributed by atoms with Crippen LogP contribution in [0.15, 0.2) is 47.6 Å². The van der Waals surface area contributed by atoms with Crippen LogP contribution in [0.1, 0.15) is 12.8 Å². The summed E-state index contributed by atoms with van der Waals surface area (Å²) in [6.07, 6.45) is 6.51. The van der Waals surface area contributed by atoms with Crippen LogP contribution in [0.5, 0.6) is 0 Å². The fraction of sp³-hybridized carbons (Fsp3) is 0.200. The van der Waals surface area contributed by atoms with Gasteiger partial charge < -0.3 is 0 Å². The van der Waals surface area contributed by atoms with Gasteiger partial charge in [-0.1, -0.05) is 25.3 Å². The first kappa shape index (κ1) is 5.72. The molecular weight excluding hydrogens is 120 g/mol. The van der Waals surface area contributed by atoms with Crippen molar-refractivity contribution in [2.45, 2.75) is 12.8 Å². The predicted octanol–water partition coefficient (Wildman–Crippen LogP) is 2.76. The molecule has 2 aliphatic carbocycles. The minimum Gasteiger partial charge on any atom is -0.0949 e. The third-order valence-electron chi connectivity index (χ3n) is 2.16. The fourth-order valence-electron chi connectivity index (χ4n) is 1.56. The zero-order valence-electron chi connectivity index (χ0n) is 5.98. The Morgan fingerprint density at radius 3 is 1.70 bits per heavy atom. The topological polar surface area (TPSA) is 0 Å². The minimum absolute atomic E-state index is 1.03. The Balaban J connectivity index is 2.50. The van der Waals surface area contributed by atoms with Gasteiger partial charge in [-0.05, 0) is 35.1 Å². The van der Waals surface area contributed by atoms with Crippen LogP contribution in [0.2, 0.25) is 0 Å². The second-order valence-electron chi connectivity index (χ2n) is 2.85. The van der Waals surface area contributed by atoms with Gasteiger partial charge in [-0.3, -0.25) is 0 Å². The molecule has 0 aliphatic heterocycles. The summed E-state index contributed by atoms with van der Waals surface area (Å²) >= 11 is 0. The molecule has 0 spiro atoms. The molecule has 2 aliphatic rings. The third kappa shape index (κ3) is 0.563. The van der Waals surface area contributed by atoms with E-state index in [4.69, 9.17) is 0 Å². The van der Waals surface area contributed by atoms with Crippen molar-refractivity contribution in [2.75, 3.05) is 0 Å². The maximum Gasteiger partial charge on any atom is -0.00880 e. The SMILES string of the molecule is C=C1CC=C2C(=C)CC=C12. The highest BCUT2D eigenvalue weighted by Crippen LogP contribution is 2.39. The maximum absolute atomic E-state index is 3.97. The standard InChI is InChI=1S/C10H10/c1-7-3-5-10-8(2)4-6-9(7)10/h5-6H,1-4H2. The Labute approximate surface area is 61.3 Å². The summed E-state index contributed by atoms with van der Waals surface area (Å²) in [6.45, 7) is 7.94. The number of rotatable bonds is 0. The average Bonchev–Trinajstić information content (AvgIpc) is 2.41. The molecule has 50 valence electrons. The van der Waals surface area contributed by atoms with E-state index in [1.54, 1.807) is 0 Å². The van der Waals surface area contributed by atoms with E-state index in [1.165, 1.54) is 22.3 Å². The highest BCUT2D eigenvalue weighted by Gasteiger charge is 2.21. The van der Waals surface area contributed by atoms with Crippen LogP contribution < -0.4 is 0 Å². The van der Waals surface area contributed by atoms with Gasteiger partial charge in [0.2, 0.25) is 0 Å². The van der Waals surface area contributed by atoms with Crippen LogP contribution in [0, 0.1) is 0 Å². The minimum atomic E-state index is 1.03. The van der Waals surface area contributed by atoms with Gasteiger partial charge in [-0.25, -0.2) is 0 Å². The van der Waals surface area contributed by atoms with Crippen molar-refractivity contribution in [3.63, 3.8) is 0 Å². The first-order valence-electron chi connectivity index (χ1n) is 3.56. The molecule has 0 fully saturated rings. The van der Waals surface area contributed by atoms with Crippen molar-refractivity contribution in [1.82, 2.24) is 0 Å². The van der Waals surface area contributed by atoms with E-state index in [0.717, 1.165) is 12.8 Å². The molecule has 10 heavy (non-hydrogen) atoms. The highest BCUT2D eigenvalue weighted by atomic mass is 14.3. The Morgan fingerprint density at radius 2 is 1.30 bits per heavy atom. The lowest BCUT2D eigenvalue weighted by molar-refractivity contribution is 1.29. The Morgan fingerprint density at radius 1 is 0.900 bits per heavy atom. The summed E-state index contributed by atoms with van der Waals surface area (Å²) in [4.78, 5) is 0. The first-order valence-corrected chi connectivity index (χ1v) is 3.56. The third-order valence-corrected chi connectivity index (χ3v) is 2.16. The average molecular weight is 130 g/mol. The maximum atomic E-state index is 3.97. The normalized spacial score (nSPS) is 22.8. The zero-order chi connectivity index (χ0) is 7.14. The van der Waals surface area contributed by atoms with E-state index in [-0.39, 0.29) is 0 Å². The molecule has 0 aromatic rings. The lowest BCUT2D eigenvalue weighted by atomic mass is 10.1. The summed E-state index contributed by atoms with van der Waals surface area (Å²) in [7, 11) is 0. The molecule has 0 radical (unpaired) electrons. The molecule has 2 rings (SSSR count). The van der Waals surface area contributed by atoms with Gasteiger partial charge in [0.25, 0.3) is 0 Å². The highest BCUT2D eigenvalue weighted by molar-refractivity contribution is 5.64. The van der Waals surface area contributed by atoms with Crippen LogP contribution >= 0.6 is 0 Å². The van der Waals surface area contributed by atoms with Gasteiger partial charge in [0.1, 0.15) is 0 Å². The van der Waals surface area contributed by atoms with Crippen LogP contribution in [0.4, 0.5) is 0 Å². The Bertz CT molecular complexity index is 244. The second-order valence-corrected chi connectivity index (χ2v) is 2.85. The van der Waals surface area contributed by atoms with E-state index < -0.39 is 0 Å². The van der Waals surface area contributed by atoms with Crippen LogP contribution in [-0.4, -0.2) is 0 Å². The van der Waals surface area contributed by atoms with E-state index in [9.17, 15) is 0 Å². The summed E-state index contributed by atoms with van der Waals surface area (Å²) < 4.78 is 0. The van der Waals surface area contributed by atoms with E-state index >= 15 is 0 Å². The van der Waals surface area contributed by atoms with Gasteiger partial charge in [-0.2, -0.15) is 0 Å². The van der Waals surface area contributed by atoms with Crippen molar-refractivity contribution in [1.29, 1.82) is 0 Å². The lowest BCUT2D eigenvalue weighted by Crippen LogP contribution is -1.77. The van der Waals surface area contributed by atoms with Crippen molar-refractivity contribution in [2.24, 2.45) is 0 Å². The van der Waals surface area contributed by atoms with Gasteiger partial charge in [0, 0.05) is 0 Å². The Hall–Kier alpha value is -1.04. The summed E-state index contributed by atoms with van der Waals surface area (Å²) in [5.41, 5.74) is 5.22. The molecular formula is C10H10. The van der Waals surface area contributed by atoms with Crippen LogP contribution in [0.3, 0.4) is 0 Å². The second kappa shape index (κ2) is 1.72. The smallest absolute Gasteiger partial charge is 0.00880 e. The lowest BCUT2D eigenvalue weighted by Gasteiger charge is -1.96. The van der Waals surface area contributed by atoms with Crippen molar-refractivity contribution < 1.29 is 0 Å². The summed E-state index contributed by atoms with van der Waals surface area (Å²) in [6, 6.07) is 0. The van der Waals surface area contributed by atoms with Gasteiger partial charge in [0.15, 0.2) is 0 Å². The number of hydrogen-bond donors (Lipinski definition) is 0. The number of fused-ring (bicyclic) bond motifs is 1. The fourth-order valence-corrected chi connectivity index (χ4v) is 1.56. The van der Waals surface area contributed by atoms with Crippen molar-refractivity contribution in [3.8, 4) is 0 Å². The zero-order valence-corrected chi connectivity index (χ0v) is 5.98. The van der Waals surface area contributed by atoms with Gasteiger partial charge >= 0.3 is 0 Å². The molecule has 0 amide bonds. The molecule has 0 heteroatoms. The van der Waals surface area contributed by atoms with Crippen LogP contribution in [-0.2, 0) is 0 Å². The molecule has 0 atom stereocenters. The molecule has 0 aromatic heterocycles. The molecule has 0 nitrogen and oxygen atoms in total. The quantitative estimate of drug-likeness (QED) is 0.473. The van der Waals surface area contributed by atoms with Gasteiger partial charge in [0.05, 0.1) is 0 Å². The molecule has 0 saturated heterocycles. The monoisotopic (exact) mass is 130 g/mol. The largest absolute Gasteiger partial charge is 0.0949 e. The molecule has 0 bridgehead atoms. The van der Waals surface area contributed by atoms with Gasteiger partial charge in [-0.15, -0.1) is 0 Å². The summed E-state index contributed by atoms with van der Waals surface area (Å²) in [5.74, 6) is 0. The first-order chi connectivity index (χ1) is 4.79. The van der Waals surface area contributed by atoms with Crippen molar-refractivity contribution in [3.05, 3.63) is 47.6 Å². The number of allylic oxidation sites excluding steroid dienone is 6. The van der Waals surface area contributed by atoms with Crippen molar-refractivity contribution >= 4 is 0 Å². The molecule has 0 heterocycles. The van der Waals surface area contributed by atoms with E-state index in [1.807, 2.05) is 0 Å². The Kier molecular flexibility index (Phi) is 0.986. The van der Waals surface area contributed by atoms with E-state index in [2.05, 4.69) is 25.3 Å². The molecule has 0 unspecified atom stereocenters. The van der Waals surface area contributed by atoms with Crippen LogP contribution in [0.25, 0.3) is 0 Å². The number of hydrogen-bond acceptors (Lipinski definition) is 0. The predicted molar refractivity (Wildman–Crippen MR) is 43.7 cm³/mol. The molecule has 0 aromatic carbocycles.